The van der Waals surface area contributed by atoms with Gasteiger partial charge in [0.25, 0.3) is 0 Å². The second-order valence-corrected chi connectivity index (χ2v) is 6.24. The van der Waals surface area contributed by atoms with Gasteiger partial charge in [-0.2, -0.15) is 0 Å². The summed E-state index contributed by atoms with van der Waals surface area (Å²) >= 11 is 4.98. The SMILES string of the molecule is Cc1c(C(N)c2cc(Br)cs2)oc2cc(F)ccc12. The molecule has 2 heterocycles. The van der Waals surface area contributed by atoms with Gasteiger partial charge in [-0.3, -0.25) is 0 Å². The summed E-state index contributed by atoms with van der Waals surface area (Å²) in [7, 11) is 0. The van der Waals surface area contributed by atoms with Gasteiger partial charge in [-0.25, -0.2) is 4.39 Å². The lowest BCUT2D eigenvalue weighted by Crippen LogP contribution is -2.10. The Labute approximate surface area is 122 Å². The third kappa shape index (κ3) is 2.22. The fourth-order valence-electron chi connectivity index (χ4n) is 2.14. The number of rotatable bonds is 2. The van der Waals surface area contributed by atoms with E-state index in [0.717, 1.165) is 20.3 Å². The van der Waals surface area contributed by atoms with Crippen LogP contribution in [0.1, 0.15) is 22.2 Å². The summed E-state index contributed by atoms with van der Waals surface area (Å²) in [6, 6.07) is 6.20. The predicted octanol–water partition coefficient (Wildman–Crippen LogP) is 4.75. The van der Waals surface area contributed by atoms with Gasteiger partial charge in [-0.1, -0.05) is 0 Å². The number of halogens is 2. The van der Waals surface area contributed by atoms with Crippen LogP contribution in [-0.2, 0) is 0 Å². The Bertz CT molecular complexity index is 749. The second-order valence-electron chi connectivity index (χ2n) is 4.38. The van der Waals surface area contributed by atoms with E-state index < -0.39 is 0 Å². The number of furan rings is 1. The molecule has 98 valence electrons. The number of thiophene rings is 1. The molecule has 0 fully saturated rings. The minimum absolute atomic E-state index is 0.305. The first-order valence-corrected chi connectivity index (χ1v) is 7.41. The van der Waals surface area contributed by atoms with Gasteiger partial charge in [-0.05, 0) is 41.1 Å². The minimum Gasteiger partial charge on any atom is -0.459 e. The van der Waals surface area contributed by atoms with E-state index >= 15 is 0 Å². The van der Waals surface area contributed by atoms with Crippen LogP contribution in [0.15, 0.2) is 38.5 Å². The van der Waals surface area contributed by atoms with Crippen molar-refractivity contribution in [2.24, 2.45) is 5.73 Å². The van der Waals surface area contributed by atoms with Crippen LogP contribution in [0.4, 0.5) is 4.39 Å². The summed E-state index contributed by atoms with van der Waals surface area (Å²) in [5.74, 6) is 0.384. The molecular formula is C14H11BrFNOS. The van der Waals surface area contributed by atoms with Crippen LogP contribution in [0.3, 0.4) is 0 Å². The van der Waals surface area contributed by atoms with E-state index in [-0.39, 0.29) is 11.9 Å². The summed E-state index contributed by atoms with van der Waals surface area (Å²) in [6.45, 7) is 1.95. The van der Waals surface area contributed by atoms with Crippen molar-refractivity contribution in [1.29, 1.82) is 0 Å². The maximum atomic E-state index is 13.2. The normalized spacial score (nSPS) is 13.1. The molecule has 1 atom stereocenters. The summed E-state index contributed by atoms with van der Waals surface area (Å²) in [6.07, 6.45) is 0. The third-order valence-corrected chi connectivity index (χ3v) is 4.89. The van der Waals surface area contributed by atoms with Crippen molar-refractivity contribution in [2.75, 3.05) is 0 Å². The molecule has 5 heteroatoms. The van der Waals surface area contributed by atoms with Gasteiger partial charge in [-0.15, -0.1) is 11.3 Å². The molecule has 0 aliphatic rings. The lowest BCUT2D eigenvalue weighted by Gasteiger charge is -2.07. The molecule has 0 saturated heterocycles. The highest BCUT2D eigenvalue weighted by Crippen LogP contribution is 2.34. The first-order valence-electron chi connectivity index (χ1n) is 5.74. The number of hydrogen-bond donors (Lipinski definition) is 1. The zero-order valence-electron chi connectivity index (χ0n) is 10.1. The molecule has 0 amide bonds. The first kappa shape index (κ1) is 12.8. The lowest BCUT2D eigenvalue weighted by atomic mass is 10.1. The smallest absolute Gasteiger partial charge is 0.137 e. The number of aryl methyl sites for hydroxylation is 1. The van der Waals surface area contributed by atoms with Crippen molar-refractivity contribution >= 4 is 38.2 Å². The molecule has 1 aromatic carbocycles. The molecule has 0 spiro atoms. The van der Waals surface area contributed by atoms with E-state index in [1.165, 1.54) is 12.1 Å². The first-order chi connectivity index (χ1) is 9.06. The van der Waals surface area contributed by atoms with Crippen molar-refractivity contribution < 1.29 is 8.81 Å². The molecule has 0 bridgehead atoms. The van der Waals surface area contributed by atoms with Crippen LogP contribution in [-0.4, -0.2) is 0 Å². The van der Waals surface area contributed by atoms with Crippen LogP contribution in [0.2, 0.25) is 0 Å². The van der Waals surface area contributed by atoms with E-state index in [4.69, 9.17) is 10.2 Å². The van der Waals surface area contributed by atoms with E-state index in [1.807, 2.05) is 18.4 Å². The highest BCUT2D eigenvalue weighted by molar-refractivity contribution is 9.10. The topological polar surface area (TPSA) is 39.2 Å². The van der Waals surface area contributed by atoms with E-state index in [9.17, 15) is 4.39 Å². The zero-order chi connectivity index (χ0) is 13.6. The molecule has 19 heavy (non-hydrogen) atoms. The van der Waals surface area contributed by atoms with Gasteiger partial charge in [0, 0.05) is 31.7 Å². The molecule has 0 aliphatic carbocycles. The fourth-order valence-corrected chi connectivity index (χ4v) is 3.58. The molecule has 1 unspecified atom stereocenters. The highest BCUT2D eigenvalue weighted by Gasteiger charge is 2.20. The number of fused-ring (bicyclic) bond motifs is 1. The van der Waals surface area contributed by atoms with E-state index in [2.05, 4.69) is 15.9 Å². The van der Waals surface area contributed by atoms with Gasteiger partial charge in [0.2, 0.25) is 0 Å². The summed E-state index contributed by atoms with van der Waals surface area (Å²) < 4.78 is 19.9. The van der Waals surface area contributed by atoms with Crippen molar-refractivity contribution in [2.45, 2.75) is 13.0 Å². The van der Waals surface area contributed by atoms with Crippen molar-refractivity contribution in [3.63, 3.8) is 0 Å². The number of nitrogens with two attached hydrogens (primary N) is 1. The standard InChI is InChI=1S/C14H11BrFNOS/c1-7-10-3-2-9(16)5-11(10)18-14(7)13(17)12-4-8(15)6-19-12/h2-6,13H,17H2,1H3. The van der Waals surface area contributed by atoms with E-state index in [0.29, 0.717) is 11.3 Å². The lowest BCUT2D eigenvalue weighted by molar-refractivity contribution is 0.521. The molecule has 2 nitrogen and oxygen atoms in total. The Kier molecular flexibility index (Phi) is 3.20. The fraction of sp³-hybridized carbons (Fsp3) is 0.143. The highest BCUT2D eigenvalue weighted by atomic mass is 79.9. The van der Waals surface area contributed by atoms with Crippen LogP contribution in [0, 0.1) is 12.7 Å². The molecule has 2 aromatic heterocycles. The number of hydrogen-bond acceptors (Lipinski definition) is 3. The summed E-state index contributed by atoms with van der Waals surface area (Å²) in [5, 5.41) is 2.88. The molecule has 3 rings (SSSR count). The molecule has 0 aliphatic heterocycles. The Balaban J connectivity index is 2.12. The van der Waals surface area contributed by atoms with Crippen molar-refractivity contribution in [1.82, 2.24) is 0 Å². The Morgan fingerprint density at radius 2 is 2.16 bits per heavy atom. The average molecular weight is 340 g/mol. The van der Waals surface area contributed by atoms with Gasteiger partial charge in [0.1, 0.15) is 17.2 Å². The van der Waals surface area contributed by atoms with Gasteiger partial charge >= 0.3 is 0 Å². The van der Waals surface area contributed by atoms with Crippen LogP contribution in [0.5, 0.6) is 0 Å². The monoisotopic (exact) mass is 339 g/mol. The maximum absolute atomic E-state index is 13.2. The summed E-state index contributed by atoms with van der Waals surface area (Å²) in [5.41, 5.74) is 7.74. The number of benzene rings is 1. The average Bonchev–Trinajstić information content (AvgIpc) is 2.93. The van der Waals surface area contributed by atoms with Crippen LogP contribution < -0.4 is 5.73 Å². The Morgan fingerprint density at radius 3 is 2.84 bits per heavy atom. The van der Waals surface area contributed by atoms with Crippen LogP contribution >= 0.6 is 27.3 Å². The van der Waals surface area contributed by atoms with Crippen molar-refractivity contribution in [3.05, 3.63) is 56.1 Å². The van der Waals surface area contributed by atoms with Crippen molar-refractivity contribution in [3.8, 4) is 0 Å². The molecule has 0 saturated carbocycles. The maximum Gasteiger partial charge on any atom is 0.137 e. The van der Waals surface area contributed by atoms with E-state index in [1.54, 1.807) is 17.4 Å². The quantitative estimate of drug-likeness (QED) is 0.731. The molecular weight excluding hydrogens is 329 g/mol. The molecule has 0 radical (unpaired) electrons. The second kappa shape index (κ2) is 4.74. The summed E-state index contributed by atoms with van der Waals surface area (Å²) in [4.78, 5) is 1.01. The van der Waals surface area contributed by atoms with Crippen LogP contribution in [0.25, 0.3) is 11.0 Å². The van der Waals surface area contributed by atoms with Gasteiger partial charge in [0.05, 0.1) is 6.04 Å². The van der Waals surface area contributed by atoms with Gasteiger partial charge < -0.3 is 10.2 Å². The largest absolute Gasteiger partial charge is 0.459 e. The predicted molar refractivity (Wildman–Crippen MR) is 79.0 cm³/mol. The zero-order valence-corrected chi connectivity index (χ0v) is 12.5. The Hall–Kier alpha value is -1.17. The molecule has 2 N–H and O–H groups in total. The Morgan fingerprint density at radius 1 is 1.37 bits per heavy atom. The van der Waals surface area contributed by atoms with Gasteiger partial charge in [0.15, 0.2) is 0 Å². The molecule has 3 aromatic rings. The third-order valence-electron chi connectivity index (χ3n) is 3.11. The minimum atomic E-state index is -0.327.